The second-order valence-corrected chi connectivity index (χ2v) is 4.33. The lowest BCUT2D eigenvalue weighted by Crippen LogP contribution is -2.36. The van der Waals surface area contributed by atoms with E-state index in [-0.39, 0.29) is 0 Å². The summed E-state index contributed by atoms with van der Waals surface area (Å²) in [6.07, 6.45) is 10.8. The topological polar surface area (TPSA) is 9.23 Å². The zero-order valence-electron chi connectivity index (χ0n) is 8.09. The fourth-order valence-electron chi connectivity index (χ4n) is 2.70. The summed E-state index contributed by atoms with van der Waals surface area (Å²) in [4.78, 5) is 0. The molecule has 0 spiro atoms. The van der Waals surface area contributed by atoms with E-state index in [0.717, 1.165) is 5.92 Å². The van der Waals surface area contributed by atoms with E-state index in [9.17, 15) is 0 Å². The first kappa shape index (κ1) is 8.55. The Kier molecular flexibility index (Phi) is 2.69. The highest BCUT2D eigenvalue weighted by atomic mass is 16.5. The standard InChI is InChI=1S/C11H20O/c1-2-10-8-7-9-5-3-4-6-11(9)12-10/h9-11H,2-8H2,1H3. The van der Waals surface area contributed by atoms with Gasteiger partial charge in [0, 0.05) is 0 Å². The summed E-state index contributed by atoms with van der Waals surface area (Å²) in [5.41, 5.74) is 0. The molecule has 0 aromatic heterocycles. The number of rotatable bonds is 1. The van der Waals surface area contributed by atoms with Crippen LogP contribution in [-0.4, -0.2) is 12.2 Å². The van der Waals surface area contributed by atoms with Gasteiger partial charge in [-0.25, -0.2) is 0 Å². The van der Waals surface area contributed by atoms with Gasteiger partial charge in [0.25, 0.3) is 0 Å². The van der Waals surface area contributed by atoms with Crippen LogP contribution in [0.25, 0.3) is 0 Å². The molecule has 0 radical (unpaired) electrons. The largest absolute Gasteiger partial charge is 0.375 e. The molecule has 1 aliphatic carbocycles. The van der Waals surface area contributed by atoms with Crippen molar-refractivity contribution in [3.63, 3.8) is 0 Å². The fraction of sp³-hybridized carbons (Fsp3) is 1.00. The molecule has 2 aliphatic rings. The van der Waals surface area contributed by atoms with Crippen LogP contribution in [0.2, 0.25) is 0 Å². The molecular weight excluding hydrogens is 148 g/mol. The first-order valence-electron chi connectivity index (χ1n) is 5.55. The SMILES string of the molecule is CCC1CCC2CCCCC2O1. The lowest BCUT2D eigenvalue weighted by Gasteiger charge is -2.39. The monoisotopic (exact) mass is 168 g/mol. The molecule has 0 amide bonds. The third-order valence-electron chi connectivity index (χ3n) is 3.52. The second-order valence-electron chi connectivity index (χ2n) is 4.33. The van der Waals surface area contributed by atoms with Crippen LogP contribution in [0.5, 0.6) is 0 Å². The zero-order valence-corrected chi connectivity index (χ0v) is 8.09. The zero-order chi connectivity index (χ0) is 8.39. The predicted molar refractivity (Wildman–Crippen MR) is 50.1 cm³/mol. The summed E-state index contributed by atoms with van der Waals surface area (Å²) in [6.45, 7) is 2.24. The summed E-state index contributed by atoms with van der Waals surface area (Å²) in [5, 5.41) is 0. The van der Waals surface area contributed by atoms with Crippen LogP contribution >= 0.6 is 0 Å². The molecule has 3 atom stereocenters. The summed E-state index contributed by atoms with van der Waals surface area (Å²) >= 11 is 0. The highest BCUT2D eigenvalue weighted by Gasteiger charge is 2.31. The van der Waals surface area contributed by atoms with Crippen molar-refractivity contribution in [1.82, 2.24) is 0 Å². The molecule has 1 aliphatic heterocycles. The van der Waals surface area contributed by atoms with E-state index in [0.29, 0.717) is 12.2 Å². The average molecular weight is 168 g/mol. The minimum atomic E-state index is 0.587. The normalized spacial score (nSPS) is 42.2. The third kappa shape index (κ3) is 1.66. The molecule has 0 bridgehead atoms. The summed E-state index contributed by atoms with van der Waals surface area (Å²) < 4.78 is 6.04. The predicted octanol–water partition coefficient (Wildman–Crippen LogP) is 3.13. The van der Waals surface area contributed by atoms with E-state index in [1.54, 1.807) is 0 Å². The van der Waals surface area contributed by atoms with Crippen molar-refractivity contribution < 1.29 is 4.74 Å². The molecule has 12 heavy (non-hydrogen) atoms. The van der Waals surface area contributed by atoms with Gasteiger partial charge >= 0.3 is 0 Å². The molecule has 1 saturated heterocycles. The molecule has 0 aromatic carbocycles. The Morgan fingerprint density at radius 2 is 1.92 bits per heavy atom. The van der Waals surface area contributed by atoms with Crippen molar-refractivity contribution >= 4 is 0 Å². The molecule has 0 aromatic rings. The Morgan fingerprint density at radius 3 is 2.75 bits per heavy atom. The van der Waals surface area contributed by atoms with Gasteiger partial charge in [-0.15, -0.1) is 0 Å². The van der Waals surface area contributed by atoms with Gasteiger partial charge in [0.05, 0.1) is 12.2 Å². The lowest BCUT2D eigenvalue weighted by molar-refractivity contribution is -0.0992. The molecule has 1 heterocycles. The van der Waals surface area contributed by atoms with Gasteiger partial charge in [-0.3, -0.25) is 0 Å². The molecule has 1 nitrogen and oxygen atoms in total. The Labute approximate surface area is 75.5 Å². The number of fused-ring (bicyclic) bond motifs is 1. The Morgan fingerprint density at radius 1 is 1.08 bits per heavy atom. The molecule has 70 valence electrons. The summed E-state index contributed by atoms with van der Waals surface area (Å²) in [7, 11) is 0. The van der Waals surface area contributed by atoms with E-state index in [4.69, 9.17) is 4.74 Å². The molecule has 1 saturated carbocycles. The van der Waals surface area contributed by atoms with Crippen LogP contribution in [-0.2, 0) is 4.74 Å². The maximum atomic E-state index is 6.04. The van der Waals surface area contributed by atoms with Crippen LogP contribution in [0, 0.1) is 5.92 Å². The minimum absolute atomic E-state index is 0.587. The highest BCUT2D eigenvalue weighted by Crippen LogP contribution is 2.36. The van der Waals surface area contributed by atoms with Crippen molar-refractivity contribution in [2.75, 3.05) is 0 Å². The maximum absolute atomic E-state index is 6.04. The van der Waals surface area contributed by atoms with Gasteiger partial charge in [-0.05, 0) is 38.0 Å². The van der Waals surface area contributed by atoms with E-state index in [2.05, 4.69) is 6.92 Å². The molecule has 2 rings (SSSR count). The molecule has 0 N–H and O–H groups in total. The lowest BCUT2D eigenvalue weighted by atomic mass is 9.80. The van der Waals surface area contributed by atoms with Gasteiger partial charge in [-0.2, -0.15) is 0 Å². The van der Waals surface area contributed by atoms with Gasteiger partial charge < -0.3 is 4.74 Å². The Hall–Kier alpha value is -0.0400. The summed E-state index contributed by atoms with van der Waals surface area (Å²) in [6, 6.07) is 0. The van der Waals surface area contributed by atoms with Crippen LogP contribution in [0.1, 0.15) is 51.9 Å². The maximum Gasteiger partial charge on any atom is 0.0607 e. The minimum Gasteiger partial charge on any atom is -0.375 e. The van der Waals surface area contributed by atoms with Crippen LogP contribution in [0.3, 0.4) is 0 Å². The highest BCUT2D eigenvalue weighted by molar-refractivity contribution is 4.81. The number of hydrogen-bond donors (Lipinski definition) is 0. The molecule has 3 unspecified atom stereocenters. The number of ether oxygens (including phenoxy) is 1. The molecular formula is C11H20O. The van der Waals surface area contributed by atoms with E-state index in [1.165, 1.54) is 44.9 Å². The van der Waals surface area contributed by atoms with Gasteiger partial charge in [0.15, 0.2) is 0 Å². The third-order valence-corrected chi connectivity index (χ3v) is 3.52. The van der Waals surface area contributed by atoms with Gasteiger partial charge in [0.1, 0.15) is 0 Å². The second kappa shape index (κ2) is 3.78. The van der Waals surface area contributed by atoms with E-state index >= 15 is 0 Å². The van der Waals surface area contributed by atoms with Crippen LogP contribution in [0.15, 0.2) is 0 Å². The van der Waals surface area contributed by atoms with Crippen LogP contribution in [0.4, 0.5) is 0 Å². The smallest absolute Gasteiger partial charge is 0.0607 e. The van der Waals surface area contributed by atoms with Crippen molar-refractivity contribution in [2.45, 2.75) is 64.1 Å². The Balaban J connectivity index is 1.90. The fourth-order valence-corrected chi connectivity index (χ4v) is 2.70. The Bertz CT molecular complexity index is 144. The van der Waals surface area contributed by atoms with Crippen molar-refractivity contribution in [2.24, 2.45) is 5.92 Å². The molecule has 1 heteroatoms. The summed E-state index contributed by atoms with van der Waals surface area (Å²) in [5.74, 6) is 0.918. The first-order valence-corrected chi connectivity index (χ1v) is 5.55. The van der Waals surface area contributed by atoms with Crippen molar-refractivity contribution in [3.8, 4) is 0 Å². The van der Waals surface area contributed by atoms with Gasteiger partial charge in [-0.1, -0.05) is 19.8 Å². The van der Waals surface area contributed by atoms with Gasteiger partial charge in [0.2, 0.25) is 0 Å². The quantitative estimate of drug-likeness (QED) is 0.584. The average Bonchev–Trinajstić information content (AvgIpc) is 2.17. The van der Waals surface area contributed by atoms with E-state index < -0.39 is 0 Å². The van der Waals surface area contributed by atoms with Crippen molar-refractivity contribution in [1.29, 1.82) is 0 Å². The van der Waals surface area contributed by atoms with Crippen molar-refractivity contribution in [3.05, 3.63) is 0 Å². The molecule has 2 fully saturated rings. The first-order chi connectivity index (χ1) is 5.90. The van der Waals surface area contributed by atoms with E-state index in [1.807, 2.05) is 0 Å². The number of hydrogen-bond acceptors (Lipinski definition) is 1. The van der Waals surface area contributed by atoms with Crippen LogP contribution < -0.4 is 0 Å².